The van der Waals surface area contributed by atoms with E-state index in [0.717, 1.165) is 22.3 Å². The fourth-order valence-corrected chi connectivity index (χ4v) is 7.55. The maximum Gasteiger partial charge on any atom is 0.407 e. The third-order valence-electron chi connectivity index (χ3n) is 9.03. The molecule has 2 aromatic rings. The first-order chi connectivity index (χ1) is 22.0. The second-order valence-electron chi connectivity index (χ2n) is 12.6. The normalized spacial score (nSPS) is 24.6. The largest absolute Gasteiger partial charge is 0.494 e. The van der Waals surface area contributed by atoms with E-state index < -0.39 is 47.3 Å². The molecule has 11 nitrogen and oxygen atoms in total. The maximum atomic E-state index is 14.0. The number of aliphatic hydroxyl groups excluding tert-OH is 1. The van der Waals surface area contributed by atoms with Crippen molar-refractivity contribution in [3.63, 3.8) is 0 Å². The predicted octanol–water partition coefficient (Wildman–Crippen LogP) is 3.46. The van der Waals surface area contributed by atoms with Crippen LogP contribution in [0.1, 0.15) is 49.4 Å². The summed E-state index contributed by atoms with van der Waals surface area (Å²) in [5.41, 5.74) is 3.93. The van der Waals surface area contributed by atoms with Crippen LogP contribution in [0.5, 0.6) is 5.75 Å². The molecule has 46 heavy (non-hydrogen) atoms. The van der Waals surface area contributed by atoms with Gasteiger partial charge in [0.15, 0.2) is 12.4 Å². The Hall–Kier alpha value is -3.32. The van der Waals surface area contributed by atoms with E-state index >= 15 is 0 Å². The van der Waals surface area contributed by atoms with Gasteiger partial charge in [0.25, 0.3) is 5.91 Å². The molecule has 3 N–H and O–H groups in total. The van der Waals surface area contributed by atoms with Crippen LogP contribution >= 0.6 is 11.8 Å². The van der Waals surface area contributed by atoms with Crippen molar-refractivity contribution >= 4 is 29.7 Å². The van der Waals surface area contributed by atoms with Gasteiger partial charge in [-0.1, -0.05) is 30.3 Å². The highest BCUT2D eigenvalue weighted by atomic mass is 32.2. The molecule has 6 atom stereocenters. The fraction of sp³-hybridized carbons (Fsp3) is 0.559. The molecule has 3 heterocycles. The van der Waals surface area contributed by atoms with Gasteiger partial charge in [0.2, 0.25) is 5.91 Å². The van der Waals surface area contributed by atoms with Gasteiger partial charge in [-0.2, -0.15) is 0 Å². The summed E-state index contributed by atoms with van der Waals surface area (Å²) >= 11 is 1.47. The minimum absolute atomic E-state index is 0.0616. The van der Waals surface area contributed by atoms with Gasteiger partial charge in [0.05, 0.1) is 37.7 Å². The first-order valence-electron chi connectivity index (χ1n) is 15.9. The Morgan fingerprint density at radius 3 is 2.52 bits per heavy atom. The number of benzene rings is 2. The maximum absolute atomic E-state index is 14.0. The summed E-state index contributed by atoms with van der Waals surface area (Å²) < 4.78 is 21.8. The SMILES string of the molecule is CCOc1ccc(C[C@H](NC(=O)O[C@H]2CO[C@H]3OCC[C@H]32)[C@H](O)C(=O)N2CSC(C)(C)[C@H]2C(=O)NCc2c(C)cccc2C)cc1. The average molecular weight is 656 g/mol. The van der Waals surface area contributed by atoms with Crippen LogP contribution in [0.15, 0.2) is 42.5 Å². The number of aliphatic hydroxyl groups is 1. The molecule has 12 heteroatoms. The van der Waals surface area contributed by atoms with Gasteiger partial charge in [-0.15, -0.1) is 11.8 Å². The number of amides is 3. The molecule has 0 bridgehead atoms. The van der Waals surface area contributed by atoms with Gasteiger partial charge in [-0.25, -0.2) is 4.79 Å². The summed E-state index contributed by atoms with van der Waals surface area (Å²) in [6.07, 6.45) is -2.44. The summed E-state index contributed by atoms with van der Waals surface area (Å²) in [4.78, 5) is 42.3. The zero-order valence-corrected chi connectivity index (χ0v) is 27.9. The van der Waals surface area contributed by atoms with Gasteiger partial charge in [0.1, 0.15) is 17.9 Å². The smallest absolute Gasteiger partial charge is 0.407 e. The lowest BCUT2D eigenvalue weighted by Crippen LogP contribution is -2.58. The second-order valence-corrected chi connectivity index (χ2v) is 14.2. The Balaban J connectivity index is 1.31. The van der Waals surface area contributed by atoms with Crippen molar-refractivity contribution in [3.05, 3.63) is 64.7 Å². The standard InChI is InChI=1S/C34H45N3O8S/c1-6-42-23-12-10-22(11-13-23)16-26(36-33(41)45-27-18-44-32-24(27)14-15-43-32)28(38)31(40)37-19-46-34(4,5)29(37)30(39)35-17-25-20(2)8-7-9-21(25)3/h7-13,24,26-29,32,38H,6,14-19H2,1-5H3,(H,35,39)(H,36,41)/t24-,26-,27-,28-,29+,32+/m0/s1. The van der Waals surface area contributed by atoms with Gasteiger partial charge in [-0.05, 0) is 81.8 Å². The monoisotopic (exact) mass is 655 g/mol. The lowest BCUT2D eigenvalue weighted by atomic mass is 9.97. The summed E-state index contributed by atoms with van der Waals surface area (Å²) in [5, 5.41) is 17.3. The van der Waals surface area contributed by atoms with E-state index in [2.05, 4.69) is 10.6 Å². The molecule has 3 saturated heterocycles. The number of rotatable bonds is 11. The molecular formula is C34H45N3O8S. The number of thioether (sulfide) groups is 1. The molecule has 250 valence electrons. The molecule has 0 saturated carbocycles. The molecule has 3 amide bonds. The van der Waals surface area contributed by atoms with E-state index in [1.165, 1.54) is 16.7 Å². The van der Waals surface area contributed by atoms with Crippen molar-refractivity contribution in [1.29, 1.82) is 0 Å². The molecule has 0 aromatic heterocycles. The highest BCUT2D eigenvalue weighted by Gasteiger charge is 2.50. The summed E-state index contributed by atoms with van der Waals surface area (Å²) in [6.45, 7) is 11.3. The van der Waals surface area contributed by atoms with Crippen molar-refractivity contribution in [2.45, 2.75) is 89.3 Å². The van der Waals surface area contributed by atoms with Gasteiger partial charge >= 0.3 is 6.09 Å². The molecule has 0 spiro atoms. The average Bonchev–Trinajstić information content (AvgIpc) is 3.72. The molecule has 2 aromatic carbocycles. The number of carbonyl (C=O) groups excluding carboxylic acids is 3. The number of ether oxygens (including phenoxy) is 4. The lowest BCUT2D eigenvalue weighted by molar-refractivity contribution is -0.147. The second kappa shape index (κ2) is 14.6. The predicted molar refractivity (Wildman–Crippen MR) is 173 cm³/mol. The number of carbonyl (C=O) groups is 3. The van der Waals surface area contributed by atoms with Gasteiger partial charge < -0.3 is 39.6 Å². The number of hydrogen-bond donors (Lipinski definition) is 3. The first kappa shape index (κ1) is 34.0. The zero-order valence-electron chi connectivity index (χ0n) is 27.1. The van der Waals surface area contributed by atoms with E-state index in [-0.39, 0.29) is 30.7 Å². The van der Waals surface area contributed by atoms with Crippen LogP contribution in [0.4, 0.5) is 4.79 Å². The van der Waals surface area contributed by atoms with Crippen LogP contribution in [0, 0.1) is 19.8 Å². The van der Waals surface area contributed by atoms with Crippen LogP contribution in [-0.4, -0.2) is 88.9 Å². The molecule has 0 radical (unpaired) electrons. The van der Waals surface area contributed by atoms with E-state index in [0.29, 0.717) is 31.9 Å². The molecule has 5 rings (SSSR count). The van der Waals surface area contributed by atoms with Crippen molar-refractivity contribution in [3.8, 4) is 5.75 Å². The number of alkyl carbamates (subject to hydrolysis) is 1. The van der Waals surface area contributed by atoms with Crippen LogP contribution < -0.4 is 15.4 Å². The first-order valence-corrected chi connectivity index (χ1v) is 16.8. The Morgan fingerprint density at radius 2 is 1.83 bits per heavy atom. The number of aryl methyl sites for hydroxylation is 2. The Morgan fingerprint density at radius 1 is 1.11 bits per heavy atom. The van der Waals surface area contributed by atoms with Crippen LogP contribution in [0.3, 0.4) is 0 Å². The van der Waals surface area contributed by atoms with E-state index in [9.17, 15) is 19.5 Å². The van der Waals surface area contributed by atoms with E-state index in [4.69, 9.17) is 18.9 Å². The van der Waals surface area contributed by atoms with Gasteiger partial charge in [-0.3, -0.25) is 9.59 Å². The third-order valence-corrected chi connectivity index (χ3v) is 10.4. The van der Waals surface area contributed by atoms with E-state index in [1.807, 2.05) is 65.0 Å². The Bertz CT molecular complexity index is 1380. The van der Waals surface area contributed by atoms with Crippen LogP contribution in [0.2, 0.25) is 0 Å². The highest BCUT2D eigenvalue weighted by Crippen LogP contribution is 2.40. The highest BCUT2D eigenvalue weighted by molar-refractivity contribution is 8.00. The number of fused-ring (bicyclic) bond motifs is 1. The molecule has 3 aliphatic rings. The molecule has 3 aliphatic heterocycles. The number of hydrogen-bond acceptors (Lipinski definition) is 9. The minimum atomic E-state index is -1.65. The Labute approximate surface area is 274 Å². The summed E-state index contributed by atoms with van der Waals surface area (Å²) in [6, 6.07) is 11.3. The summed E-state index contributed by atoms with van der Waals surface area (Å²) in [5.74, 6) is -0.105. The fourth-order valence-electron chi connectivity index (χ4n) is 6.41. The molecule has 0 aliphatic carbocycles. The zero-order chi connectivity index (χ0) is 33.0. The minimum Gasteiger partial charge on any atom is -0.494 e. The van der Waals surface area contributed by atoms with Crippen LogP contribution in [0.25, 0.3) is 0 Å². The van der Waals surface area contributed by atoms with E-state index in [1.54, 1.807) is 12.1 Å². The lowest BCUT2D eigenvalue weighted by Gasteiger charge is -2.33. The summed E-state index contributed by atoms with van der Waals surface area (Å²) in [7, 11) is 0. The van der Waals surface area contributed by atoms with Crippen molar-refractivity contribution < 1.29 is 38.4 Å². The third kappa shape index (κ3) is 7.62. The quantitative estimate of drug-likeness (QED) is 0.333. The van der Waals surface area contributed by atoms with Gasteiger partial charge in [0, 0.05) is 11.3 Å². The Kier molecular flexibility index (Phi) is 10.8. The van der Waals surface area contributed by atoms with Crippen molar-refractivity contribution in [2.24, 2.45) is 5.92 Å². The molecule has 3 fully saturated rings. The molecular weight excluding hydrogens is 610 g/mol. The van der Waals surface area contributed by atoms with Crippen molar-refractivity contribution in [1.82, 2.24) is 15.5 Å². The van der Waals surface area contributed by atoms with Crippen LogP contribution in [-0.2, 0) is 36.8 Å². The number of nitrogens with one attached hydrogen (secondary N) is 2. The molecule has 0 unspecified atom stereocenters. The topological polar surface area (TPSA) is 136 Å². The number of nitrogens with zero attached hydrogens (tertiary/aromatic N) is 1. The van der Waals surface area contributed by atoms with Crippen molar-refractivity contribution in [2.75, 3.05) is 25.7 Å².